The van der Waals surface area contributed by atoms with Crippen LogP contribution in [-0.2, 0) is 9.53 Å². The predicted molar refractivity (Wildman–Crippen MR) is 141 cm³/mol. The van der Waals surface area contributed by atoms with Gasteiger partial charge < -0.3 is 20.3 Å². The Kier molecular flexibility index (Phi) is 11.7. The molecule has 1 aromatic carbocycles. The molecule has 0 bridgehead atoms. The number of rotatable bonds is 7. The van der Waals surface area contributed by atoms with Gasteiger partial charge in [-0.2, -0.15) is 0 Å². The number of likely N-dealkylation sites (tertiary alicyclic amines) is 1. The van der Waals surface area contributed by atoms with Crippen LogP contribution in [0.15, 0.2) is 29.3 Å². The molecule has 0 aliphatic carbocycles. The van der Waals surface area contributed by atoms with E-state index in [1.165, 1.54) is 11.1 Å². The number of piperidine rings is 1. The number of amides is 1. The number of ether oxygens (including phenoxy) is 1. The van der Waals surface area contributed by atoms with Gasteiger partial charge in [0.1, 0.15) is 0 Å². The van der Waals surface area contributed by atoms with E-state index in [2.05, 4.69) is 58.5 Å². The third-order valence-electron chi connectivity index (χ3n) is 6.36. The van der Waals surface area contributed by atoms with Gasteiger partial charge in [0.15, 0.2) is 5.96 Å². The number of guanidine groups is 1. The normalized spacial score (nSPS) is 19.2. The van der Waals surface area contributed by atoms with Crippen molar-refractivity contribution < 1.29 is 9.53 Å². The summed E-state index contributed by atoms with van der Waals surface area (Å²) in [6, 6.07) is 9.11. The van der Waals surface area contributed by atoms with Crippen molar-refractivity contribution in [3.8, 4) is 0 Å². The first-order valence-electron chi connectivity index (χ1n) is 11.7. The number of carbonyl (C=O) groups excluding carboxylic acids is 1. The number of nitrogens with one attached hydrogen (secondary N) is 2. The van der Waals surface area contributed by atoms with Crippen molar-refractivity contribution >= 4 is 35.8 Å². The number of hydrogen-bond acceptors (Lipinski definition) is 4. The molecule has 1 amide bonds. The van der Waals surface area contributed by atoms with Crippen molar-refractivity contribution in [2.75, 3.05) is 59.5 Å². The standard InChI is InChI=1S/C24H39N5O2.HI/c1-4-26-24(29-11-9-20(10-12-29)17-23(30)25-3)27-18-22(28-13-15-31-16-14-28)21-7-5-19(2)6-8-21;/h5-8,20,22H,4,9-18H2,1-3H3,(H,25,30)(H,26,27);1H. The smallest absolute Gasteiger partial charge is 0.220 e. The van der Waals surface area contributed by atoms with Crippen LogP contribution in [0.3, 0.4) is 0 Å². The van der Waals surface area contributed by atoms with Crippen molar-refractivity contribution in [2.24, 2.45) is 10.9 Å². The Morgan fingerprint density at radius 2 is 1.81 bits per heavy atom. The molecule has 7 nitrogen and oxygen atoms in total. The van der Waals surface area contributed by atoms with Crippen molar-refractivity contribution in [3.05, 3.63) is 35.4 Å². The maximum absolute atomic E-state index is 11.7. The topological polar surface area (TPSA) is 69.2 Å². The predicted octanol–water partition coefficient (Wildman–Crippen LogP) is 2.80. The summed E-state index contributed by atoms with van der Waals surface area (Å²) < 4.78 is 5.58. The summed E-state index contributed by atoms with van der Waals surface area (Å²) in [5, 5.41) is 6.24. The number of hydrogen-bond donors (Lipinski definition) is 2. The fourth-order valence-electron chi connectivity index (χ4n) is 4.42. The van der Waals surface area contributed by atoms with Gasteiger partial charge in [0, 0.05) is 46.2 Å². The Morgan fingerprint density at radius 3 is 2.41 bits per heavy atom. The average molecular weight is 558 g/mol. The number of halogens is 1. The summed E-state index contributed by atoms with van der Waals surface area (Å²) in [6.45, 7) is 11.2. The van der Waals surface area contributed by atoms with Crippen molar-refractivity contribution in [3.63, 3.8) is 0 Å². The van der Waals surface area contributed by atoms with Gasteiger partial charge in [0.05, 0.1) is 25.8 Å². The van der Waals surface area contributed by atoms with Gasteiger partial charge in [-0.25, -0.2) is 0 Å². The second-order valence-electron chi connectivity index (χ2n) is 8.58. The highest BCUT2D eigenvalue weighted by Crippen LogP contribution is 2.24. The van der Waals surface area contributed by atoms with Crippen LogP contribution < -0.4 is 10.6 Å². The van der Waals surface area contributed by atoms with Crippen LogP contribution >= 0.6 is 24.0 Å². The largest absolute Gasteiger partial charge is 0.379 e. The molecule has 1 atom stereocenters. The van der Waals surface area contributed by atoms with Crippen LogP contribution in [0, 0.1) is 12.8 Å². The first-order chi connectivity index (χ1) is 15.1. The minimum atomic E-state index is 0. The van der Waals surface area contributed by atoms with Crippen LogP contribution in [0.25, 0.3) is 0 Å². The third kappa shape index (κ3) is 7.88. The number of nitrogens with zero attached hydrogens (tertiary/aromatic N) is 3. The molecular formula is C24H40IN5O2. The molecule has 180 valence electrons. The van der Waals surface area contributed by atoms with E-state index >= 15 is 0 Å². The lowest BCUT2D eigenvalue weighted by Crippen LogP contribution is -2.46. The highest BCUT2D eigenvalue weighted by molar-refractivity contribution is 14.0. The quantitative estimate of drug-likeness (QED) is 0.307. The van der Waals surface area contributed by atoms with E-state index in [-0.39, 0.29) is 35.9 Å². The highest BCUT2D eigenvalue weighted by Gasteiger charge is 2.25. The third-order valence-corrected chi connectivity index (χ3v) is 6.36. The Labute approximate surface area is 210 Å². The molecule has 0 saturated carbocycles. The maximum atomic E-state index is 11.7. The Bertz CT molecular complexity index is 714. The van der Waals surface area contributed by atoms with Crippen LogP contribution in [0.1, 0.15) is 43.4 Å². The van der Waals surface area contributed by atoms with Gasteiger partial charge in [-0.15, -0.1) is 24.0 Å². The van der Waals surface area contributed by atoms with Gasteiger partial charge in [-0.3, -0.25) is 14.7 Å². The van der Waals surface area contributed by atoms with E-state index in [1.807, 2.05) is 0 Å². The van der Waals surface area contributed by atoms with Crippen LogP contribution in [0.4, 0.5) is 0 Å². The number of benzene rings is 1. The molecule has 2 N–H and O–H groups in total. The molecule has 2 fully saturated rings. The van der Waals surface area contributed by atoms with Gasteiger partial charge in [-0.1, -0.05) is 29.8 Å². The van der Waals surface area contributed by atoms with E-state index in [1.54, 1.807) is 7.05 Å². The maximum Gasteiger partial charge on any atom is 0.220 e. The fourth-order valence-corrected chi connectivity index (χ4v) is 4.42. The Hall–Kier alpha value is -1.39. The van der Waals surface area contributed by atoms with Crippen LogP contribution in [-0.4, -0.2) is 81.2 Å². The first kappa shape index (κ1) is 26.9. The van der Waals surface area contributed by atoms with Crippen LogP contribution in [0.5, 0.6) is 0 Å². The summed E-state index contributed by atoms with van der Waals surface area (Å²) in [5.41, 5.74) is 2.59. The number of aliphatic imine (C=N–C) groups is 1. The fraction of sp³-hybridized carbons (Fsp3) is 0.667. The molecule has 0 aromatic heterocycles. The van der Waals surface area contributed by atoms with Crippen molar-refractivity contribution in [2.45, 2.75) is 39.2 Å². The van der Waals surface area contributed by atoms with Crippen LogP contribution in [0.2, 0.25) is 0 Å². The second kappa shape index (κ2) is 14.0. The van der Waals surface area contributed by atoms with E-state index in [4.69, 9.17) is 9.73 Å². The number of morpholine rings is 1. The zero-order valence-corrected chi connectivity index (χ0v) is 22.1. The Balaban J connectivity index is 0.00000363. The number of carbonyl (C=O) groups is 1. The van der Waals surface area contributed by atoms with E-state index in [0.29, 0.717) is 12.3 Å². The zero-order valence-electron chi connectivity index (χ0n) is 19.8. The van der Waals surface area contributed by atoms with Gasteiger partial charge in [0.25, 0.3) is 0 Å². The minimum Gasteiger partial charge on any atom is -0.379 e. The lowest BCUT2D eigenvalue weighted by Gasteiger charge is -2.36. The van der Waals surface area contributed by atoms with E-state index in [0.717, 1.165) is 71.3 Å². The molecule has 1 unspecified atom stereocenters. The molecule has 2 aliphatic rings. The Morgan fingerprint density at radius 1 is 1.16 bits per heavy atom. The van der Waals surface area contributed by atoms with Crippen molar-refractivity contribution in [1.82, 2.24) is 20.4 Å². The summed E-state index contributed by atoms with van der Waals surface area (Å²) in [5.74, 6) is 1.60. The van der Waals surface area contributed by atoms with Gasteiger partial charge in [0.2, 0.25) is 5.91 Å². The molecular weight excluding hydrogens is 517 g/mol. The van der Waals surface area contributed by atoms with Crippen molar-refractivity contribution in [1.29, 1.82) is 0 Å². The summed E-state index contributed by atoms with van der Waals surface area (Å²) in [7, 11) is 1.71. The molecule has 3 rings (SSSR count). The molecule has 0 radical (unpaired) electrons. The van der Waals surface area contributed by atoms with E-state index < -0.39 is 0 Å². The highest BCUT2D eigenvalue weighted by atomic mass is 127. The second-order valence-corrected chi connectivity index (χ2v) is 8.58. The summed E-state index contributed by atoms with van der Waals surface area (Å²) in [6.07, 6.45) is 2.69. The summed E-state index contributed by atoms with van der Waals surface area (Å²) in [4.78, 5) is 21.6. The molecule has 2 heterocycles. The molecule has 8 heteroatoms. The summed E-state index contributed by atoms with van der Waals surface area (Å²) >= 11 is 0. The van der Waals surface area contributed by atoms with Gasteiger partial charge in [-0.05, 0) is 38.2 Å². The lowest BCUT2D eigenvalue weighted by molar-refractivity contribution is -0.121. The molecule has 2 saturated heterocycles. The molecule has 2 aliphatic heterocycles. The molecule has 0 spiro atoms. The monoisotopic (exact) mass is 557 g/mol. The average Bonchev–Trinajstić information content (AvgIpc) is 2.81. The number of aryl methyl sites for hydroxylation is 1. The first-order valence-corrected chi connectivity index (χ1v) is 11.7. The zero-order chi connectivity index (χ0) is 22.1. The molecule has 1 aromatic rings. The van der Waals surface area contributed by atoms with E-state index in [9.17, 15) is 4.79 Å². The lowest BCUT2D eigenvalue weighted by atomic mass is 9.93. The SMILES string of the molecule is CCNC(=NCC(c1ccc(C)cc1)N1CCOCC1)N1CCC(CC(=O)NC)CC1.I. The minimum absolute atomic E-state index is 0. The molecule has 32 heavy (non-hydrogen) atoms. The van der Waals surface area contributed by atoms with Gasteiger partial charge >= 0.3 is 0 Å².